The van der Waals surface area contributed by atoms with E-state index in [1.807, 2.05) is 51.1 Å². The number of carbonyl (C=O) groups excluding carboxylic acids is 1. The number of hydrogen-bond acceptors (Lipinski definition) is 2. The van der Waals surface area contributed by atoms with Gasteiger partial charge in [-0.15, -0.1) is 0 Å². The van der Waals surface area contributed by atoms with Crippen LogP contribution in [0, 0.1) is 5.92 Å². The van der Waals surface area contributed by atoms with Crippen LogP contribution in [0.25, 0.3) is 0 Å². The Balaban J connectivity index is 2.76. The van der Waals surface area contributed by atoms with E-state index in [0.29, 0.717) is 0 Å². The lowest BCUT2D eigenvalue weighted by Gasteiger charge is -2.30. The van der Waals surface area contributed by atoms with Gasteiger partial charge >= 0.3 is 0 Å². The van der Waals surface area contributed by atoms with E-state index in [9.17, 15) is 9.90 Å². The Kier molecular flexibility index (Phi) is 4.70. The summed E-state index contributed by atoms with van der Waals surface area (Å²) in [5, 5.41) is 10.2. The summed E-state index contributed by atoms with van der Waals surface area (Å²) >= 11 is 0. The monoisotopic (exact) mass is 235 g/mol. The third-order valence-electron chi connectivity index (χ3n) is 3.05. The van der Waals surface area contributed by atoms with Crippen LogP contribution >= 0.6 is 0 Å². The Morgan fingerprint density at radius 3 is 2.18 bits per heavy atom. The molecule has 0 saturated carbocycles. The number of hydrogen-bond donors (Lipinski definition) is 1. The summed E-state index contributed by atoms with van der Waals surface area (Å²) in [5.41, 5.74) is 0.836. The van der Waals surface area contributed by atoms with Crippen LogP contribution < -0.4 is 0 Å². The maximum atomic E-state index is 11.8. The van der Waals surface area contributed by atoms with Gasteiger partial charge in [0.1, 0.15) is 0 Å². The molecule has 17 heavy (non-hydrogen) atoms. The SMILES string of the molecule is CC(C)C(=O)N(C)[C@H](C)[C@@H](O)c1ccccc1. The molecule has 3 nitrogen and oxygen atoms in total. The van der Waals surface area contributed by atoms with Crippen LogP contribution in [0.4, 0.5) is 0 Å². The van der Waals surface area contributed by atoms with Crippen molar-refractivity contribution >= 4 is 5.91 Å². The van der Waals surface area contributed by atoms with Gasteiger partial charge in [0, 0.05) is 13.0 Å². The zero-order chi connectivity index (χ0) is 13.0. The molecule has 0 aliphatic carbocycles. The van der Waals surface area contributed by atoms with Crippen molar-refractivity contribution < 1.29 is 9.90 Å². The van der Waals surface area contributed by atoms with E-state index in [1.54, 1.807) is 11.9 Å². The second kappa shape index (κ2) is 5.82. The molecule has 1 aromatic carbocycles. The fourth-order valence-corrected chi connectivity index (χ4v) is 1.75. The molecule has 0 saturated heterocycles. The molecule has 1 rings (SSSR count). The van der Waals surface area contributed by atoms with Gasteiger partial charge < -0.3 is 10.0 Å². The summed E-state index contributed by atoms with van der Waals surface area (Å²) in [6.07, 6.45) is -0.649. The Labute approximate surface area is 103 Å². The van der Waals surface area contributed by atoms with E-state index in [2.05, 4.69) is 0 Å². The van der Waals surface area contributed by atoms with Crippen LogP contribution in [0.15, 0.2) is 30.3 Å². The first-order valence-electron chi connectivity index (χ1n) is 5.94. The predicted octanol–water partition coefficient (Wildman–Crippen LogP) is 2.22. The molecule has 3 heteroatoms. The van der Waals surface area contributed by atoms with Gasteiger partial charge in [-0.2, -0.15) is 0 Å². The number of amides is 1. The van der Waals surface area contributed by atoms with E-state index < -0.39 is 6.10 Å². The molecule has 1 amide bonds. The highest BCUT2D eigenvalue weighted by Gasteiger charge is 2.25. The maximum absolute atomic E-state index is 11.8. The minimum Gasteiger partial charge on any atom is -0.386 e. The second-order valence-electron chi connectivity index (χ2n) is 4.70. The molecule has 0 heterocycles. The van der Waals surface area contributed by atoms with Crippen LogP contribution in [0.1, 0.15) is 32.4 Å². The minimum atomic E-state index is -0.649. The molecular weight excluding hydrogens is 214 g/mol. The van der Waals surface area contributed by atoms with Crippen molar-refractivity contribution in [2.24, 2.45) is 5.92 Å². The van der Waals surface area contributed by atoms with E-state index in [-0.39, 0.29) is 17.9 Å². The quantitative estimate of drug-likeness (QED) is 0.869. The van der Waals surface area contributed by atoms with E-state index in [1.165, 1.54) is 0 Å². The van der Waals surface area contributed by atoms with Gasteiger partial charge in [0.05, 0.1) is 12.1 Å². The van der Waals surface area contributed by atoms with Crippen molar-refractivity contribution in [2.75, 3.05) is 7.05 Å². The first kappa shape index (κ1) is 13.7. The molecule has 94 valence electrons. The van der Waals surface area contributed by atoms with Crippen molar-refractivity contribution in [1.82, 2.24) is 4.90 Å². The Morgan fingerprint density at radius 2 is 1.71 bits per heavy atom. The van der Waals surface area contributed by atoms with Crippen molar-refractivity contribution in [1.29, 1.82) is 0 Å². The first-order chi connectivity index (χ1) is 7.95. The number of benzene rings is 1. The standard InChI is InChI=1S/C14H21NO2/c1-10(2)14(17)15(4)11(3)13(16)12-8-6-5-7-9-12/h5-11,13,16H,1-4H3/t11-,13-/m1/s1. The van der Waals surface area contributed by atoms with Crippen LogP contribution in [-0.4, -0.2) is 29.0 Å². The topological polar surface area (TPSA) is 40.5 Å². The molecule has 2 atom stereocenters. The second-order valence-corrected chi connectivity index (χ2v) is 4.70. The lowest BCUT2D eigenvalue weighted by Crippen LogP contribution is -2.41. The number of aliphatic hydroxyl groups is 1. The first-order valence-corrected chi connectivity index (χ1v) is 5.94. The summed E-state index contributed by atoms with van der Waals surface area (Å²) in [4.78, 5) is 13.4. The Hall–Kier alpha value is -1.35. The molecule has 1 aromatic rings. The number of carbonyl (C=O) groups is 1. The van der Waals surface area contributed by atoms with Gasteiger partial charge in [-0.25, -0.2) is 0 Å². The molecular formula is C14H21NO2. The smallest absolute Gasteiger partial charge is 0.225 e. The number of aliphatic hydroxyl groups excluding tert-OH is 1. The molecule has 0 aliphatic rings. The van der Waals surface area contributed by atoms with Gasteiger partial charge in [0.25, 0.3) is 0 Å². The van der Waals surface area contributed by atoms with Crippen molar-refractivity contribution in [3.63, 3.8) is 0 Å². The van der Waals surface area contributed by atoms with Crippen LogP contribution in [0.3, 0.4) is 0 Å². The zero-order valence-corrected chi connectivity index (χ0v) is 10.9. The fourth-order valence-electron chi connectivity index (χ4n) is 1.75. The molecule has 0 fully saturated rings. The normalized spacial score (nSPS) is 14.5. The van der Waals surface area contributed by atoms with Crippen LogP contribution in [0.5, 0.6) is 0 Å². The van der Waals surface area contributed by atoms with Crippen molar-refractivity contribution in [2.45, 2.75) is 32.9 Å². The Bertz CT molecular complexity index is 362. The van der Waals surface area contributed by atoms with Gasteiger partial charge in [0.2, 0.25) is 5.91 Å². The fraction of sp³-hybridized carbons (Fsp3) is 0.500. The molecule has 0 aromatic heterocycles. The number of nitrogens with zero attached hydrogens (tertiary/aromatic N) is 1. The zero-order valence-electron chi connectivity index (χ0n) is 10.9. The maximum Gasteiger partial charge on any atom is 0.225 e. The summed E-state index contributed by atoms with van der Waals surface area (Å²) in [6.45, 7) is 5.58. The molecule has 0 bridgehead atoms. The third-order valence-corrected chi connectivity index (χ3v) is 3.05. The largest absolute Gasteiger partial charge is 0.386 e. The van der Waals surface area contributed by atoms with E-state index in [0.717, 1.165) is 5.56 Å². The van der Waals surface area contributed by atoms with Gasteiger partial charge in [-0.1, -0.05) is 44.2 Å². The summed E-state index contributed by atoms with van der Waals surface area (Å²) in [6, 6.07) is 9.19. The minimum absolute atomic E-state index is 0.0486. The van der Waals surface area contributed by atoms with Gasteiger partial charge in [-0.05, 0) is 12.5 Å². The number of likely N-dealkylation sites (N-methyl/N-ethyl adjacent to an activating group) is 1. The third kappa shape index (κ3) is 3.30. The average molecular weight is 235 g/mol. The van der Waals surface area contributed by atoms with Crippen molar-refractivity contribution in [3.8, 4) is 0 Å². The van der Waals surface area contributed by atoms with Crippen molar-refractivity contribution in [3.05, 3.63) is 35.9 Å². The Morgan fingerprint density at radius 1 is 1.18 bits per heavy atom. The van der Waals surface area contributed by atoms with E-state index >= 15 is 0 Å². The van der Waals surface area contributed by atoms with E-state index in [4.69, 9.17) is 0 Å². The van der Waals surface area contributed by atoms with Crippen LogP contribution in [-0.2, 0) is 4.79 Å². The predicted molar refractivity (Wildman–Crippen MR) is 68.5 cm³/mol. The summed E-state index contributed by atoms with van der Waals surface area (Å²) < 4.78 is 0. The molecule has 1 N–H and O–H groups in total. The summed E-state index contributed by atoms with van der Waals surface area (Å²) in [5.74, 6) is -0.00194. The molecule has 0 spiro atoms. The molecule has 0 unspecified atom stereocenters. The summed E-state index contributed by atoms with van der Waals surface area (Å²) in [7, 11) is 1.74. The molecule has 0 aliphatic heterocycles. The van der Waals surface area contributed by atoms with Crippen LogP contribution in [0.2, 0.25) is 0 Å². The van der Waals surface area contributed by atoms with Gasteiger partial charge in [-0.3, -0.25) is 4.79 Å². The highest BCUT2D eigenvalue weighted by atomic mass is 16.3. The highest BCUT2D eigenvalue weighted by Crippen LogP contribution is 2.20. The number of rotatable bonds is 4. The molecule has 0 radical (unpaired) electrons. The van der Waals surface area contributed by atoms with Gasteiger partial charge in [0.15, 0.2) is 0 Å². The lowest BCUT2D eigenvalue weighted by molar-refractivity contribution is -0.137. The lowest BCUT2D eigenvalue weighted by atomic mass is 10.0. The highest BCUT2D eigenvalue weighted by molar-refractivity contribution is 5.78. The average Bonchev–Trinajstić information content (AvgIpc) is 2.36.